The molecule has 1 N–H and O–H groups in total. The molecule has 0 bridgehead atoms. The molecule has 0 heterocycles. The minimum Gasteiger partial charge on any atom is -0.508 e. The molecule has 0 radical (unpaired) electrons. The summed E-state index contributed by atoms with van der Waals surface area (Å²) < 4.78 is 4.66. The van der Waals surface area contributed by atoms with Crippen LogP contribution < -0.4 is 0 Å². The monoisotopic (exact) mass is 298 g/mol. The van der Waals surface area contributed by atoms with Crippen molar-refractivity contribution in [3.05, 3.63) is 65.2 Å². The lowest BCUT2D eigenvalue weighted by Crippen LogP contribution is -2.04. The molecular formula is C19H22O3. The van der Waals surface area contributed by atoms with Gasteiger partial charge in [0.15, 0.2) is 0 Å². The quantitative estimate of drug-likeness (QED) is 0.626. The highest BCUT2D eigenvalue weighted by Gasteiger charge is 2.02. The summed E-state index contributed by atoms with van der Waals surface area (Å²) in [5, 5.41) is 9.24. The van der Waals surface area contributed by atoms with Gasteiger partial charge in [0.05, 0.1) is 13.5 Å². The van der Waals surface area contributed by atoms with Crippen molar-refractivity contribution >= 4 is 5.97 Å². The maximum Gasteiger partial charge on any atom is 0.309 e. The second-order valence-corrected chi connectivity index (χ2v) is 5.44. The molecule has 0 amide bonds. The van der Waals surface area contributed by atoms with Gasteiger partial charge in [-0.2, -0.15) is 0 Å². The zero-order chi connectivity index (χ0) is 15.8. The Hall–Kier alpha value is -2.29. The highest BCUT2D eigenvalue weighted by Crippen LogP contribution is 2.14. The third kappa shape index (κ3) is 5.24. The first-order valence-corrected chi connectivity index (χ1v) is 7.60. The summed E-state index contributed by atoms with van der Waals surface area (Å²) in [4.78, 5) is 11.2. The smallest absolute Gasteiger partial charge is 0.309 e. The van der Waals surface area contributed by atoms with Crippen molar-refractivity contribution in [2.75, 3.05) is 7.11 Å². The molecule has 0 saturated carbocycles. The summed E-state index contributed by atoms with van der Waals surface area (Å²) in [6, 6.07) is 15.6. The number of unbranched alkanes of at least 4 members (excludes halogenated alkanes) is 1. The molecule has 0 aliphatic heterocycles. The van der Waals surface area contributed by atoms with E-state index in [-0.39, 0.29) is 5.97 Å². The number of carbonyl (C=O) groups excluding carboxylic acids is 1. The van der Waals surface area contributed by atoms with Gasteiger partial charge in [-0.1, -0.05) is 36.4 Å². The van der Waals surface area contributed by atoms with Gasteiger partial charge in [-0.3, -0.25) is 4.79 Å². The second-order valence-electron chi connectivity index (χ2n) is 5.44. The fraction of sp³-hybridized carbons (Fsp3) is 0.316. The number of phenolic OH excluding ortho intramolecular Hbond substituents is 1. The molecule has 0 saturated heterocycles. The Labute approximate surface area is 131 Å². The molecule has 0 fully saturated rings. The number of aromatic hydroxyl groups is 1. The van der Waals surface area contributed by atoms with Crippen molar-refractivity contribution in [1.82, 2.24) is 0 Å². The maximum absolute atomic E-state index is 11.2. The average molecular weight is 298 g/mol. The summed E-state index contributed by atoms with van der Waals surface area (Å²) in [6.07, 6.45) is 4.64. The predicted molar refractivity (Wildman–Crippen MR) is 86.9 cm³/mol. The van der Waals surface area contributed by atoms with E-state index in [0.717, 1.165) is 31.2 Å². The third-order valence-corrected chi connectivity index (χ3v) is 3.72. The molecular weight excluding hydrogens is 276 g/mol. The van der Waals surface area contributed by atoms with Crippen LogP contribution in [0.3, 0.4) is 0 Å². The first-order chi connectivity index (χ1) is 10.7. The van der Waals surface area contributed by atoms with E-state index < -0.39 is 0 Å². The Morgan fingerprint density at radius 1 is 0.864 bits per heavy atom. The van der Waals surface area contributed by atoms with E-state index in [1.807, 2.05) is 24.3 Å². The largest absolute Gasteiger partial charge is 0.508 e. The van der Waals surface area contributed by atoms with Crippen LogP contribution >= 0.6 is 0 Å². The van der Waals surface area contributed by atoms with Crippen LogP contribution in [0.4, 0.5) is 0 Å². The van der Waals surface area contributed by atoms with Crippen molar-refractivity contribution in [3.8, 4) is 5.75 Å². The minimum atomic E-state index is -0.207. The molecule has 0 aliphatic rings. The van der Waals surface area contributed by atoms with E-state index in [9.17, 15) is 9.90 Å². The number of carbonyl (C=O) groups is 1. The third-order valence-electron chi connectivity index (χ3n) is 3.72. The molecule has 0 aromatic heterocycles. The fourth-order valence-corrected chi connectivity index (χ4v) is 2.38. The number of aryl methyl sites for hydroxylation is 2. The van der Waals surface area contributed by atoms with Gasteiger partial charge >= 0.3 is 5.97 Å². The molecule has 3 nitrogen and oxygen atoms in total. The van der Waals surface area contributed by atoms with Gasteiger partial charge in [-0.15, -0.1) is 0 Å². The molecule has 0 aliphatic carbocycles. The molecule has 22 heavy (non-hydrogen) atoms. The summed E-state index contributed by atoms with van der Waals surface area (Å²) in [6.45, 7) is 0. The Balaban J connectivity index is 1.72. The number of ether oxygens (including phenoxy) is 1. The van der Waals surface area contributed by atoms with Crippen LogP contribution in [0.1, 0.15) is 29.5 Å². The van der Waals surface area contributed by atoms with Gasteiger partial charge in [-0.05, 0) is 54.5 Å². The topological polar surface area (TPSA) is 46.5 Å². The van der Waals surface area contributed by atoms with Gasteiger partial charge in [0, 0.05) is 0 Å². The number of phenols is 1. The Morgan fingerprint density at radius 3 is 1.82 bits per heavy atom. The highest BCUT2D eigenvalue weighted by atomic mass is 16.5. The Bertz CT molecular complexity index is 585. The Morgan fingerprint density at radius 2 is 1.32 bits per heavy atom. The van der Waals surface area contributed by atoms with Crippen molar-refractivity contribution in [2.24, 2.45) is 0 Å². The van der Waals surface area contributed by atoms with Gasteiger partial charge < -0.3 is 9.84 Å². The maximum atomic E-state index is 11.2. The zero-order valence-corrected chi connectivity index (χ0v) is 12.9. The van der Waals surface area contributed by atoms with Crippen molar-refractivity contribution in [3.63, 3.8) is 0 Å². The highest BCUT2D eigenvalue weighted by molar-refractivity contribution is 5.72. The van der Waals surface area contributed by atoms with Crippen molar-refractivity contribution in [2.45, 2.75) is 32.1 Å². The number of esters is 1. The van der Waals surface area contributed by atoms with Crippen LogP contribution in [0.25, 0.3) is 0 Å². The molecule has 2 aromatic carbocycles. The zero-order valence-electron chi connectivity index (χ0n) is 12.9. The number of hydrogen-bond donors (Lipinski definition) is 1. The summed E-state index contributed by atoms with van der Waals surface area (Å²) in [5.41, 5.74) is 3.53. The average Bonchev–Trinajstić information content (AvgIpc) is 2.54. The number of hydrogen-bond acceptors (Lipinski definition) is 3. The van der Waals surface area contributed by atoms with Crippen LogP contribution in [0.2, 0.25) is 0 Å². The fourth-order valence-electron chi connectivity index (χ4n) is 2.38. The van der Waals surface area contributed by atoms with Crippen molar-refractivity contribution in [1.29, 1.82) is 0 Å². The predicted octanol–water partition coefficient (Wildman–Crippen LogP) is 3.67. The van der Waals surface area contributed by atoms with Crippen LogP contribution in [-0.4, -0.2) is 18.2 Å². The van der Waals surface area contributed by atoms with Gasteiger partial charge in [-0.25, -0.2) is 0 Å². The van der Waals surface area contributed by atoms with Gasteiger partial charge in [0.2, 0.25) is 0 Å². The number of methoxy groups -OCH3 is 1. The summed E-state index contributed by atoms with van der Waals surface area (Å²) >= 11 is 0. The van der Waals surface area contributed by atoms with E-state index in [1.54, 1.807) is 12.1 Å². The van der Waals surface area contributed by atoms with E-state index in [0.29, 0.717) is 12.2 Å². The molecule has 0 unspecified atom stereocenters. The number of rotatable bonds is 7. The van der Waals surface area contributed by atoms with Gasteiger partial charge in [0.1, 0.15) is 5.75 Å². The second kappa shape index (κ2) is 8.23. The number of benzene rings is 2. The van der Waals surface area contributed by atoms with Crippen LogP contribution in [0.15, 0.2) is 48.5 Å². The van der Waals surface area contributed by atoms with E-state index >= 15 is 0 Å². The Kier molecular flexibility index (Phi) is 6.01. The molecule has 0 atom stereocenters. The first-order valence-electron chi connectivity index (χ1n) is 7.60. The van der Waals surface area contributed by atoms with Gasteiger partial charge in [0.25, 0.3) is 0 Å². The standard InChI is InChI=1S/C19H22O3/c1-22-19(21)14-17-8-6-15(7-9-17)4-2-3-5-16-10-12-18(20)13-11-16/h6-13,20H,2-5,14H2,1H3. The lowest BCUT2D eigenvalue weighted by molar-refractivity contribution is -0.139. The molecule has 3 heteroatoms. The van der Waals surface area contributed by atoms with E-state index in [4.69, 9.17) is 0 Å². The van der Waals surface area contributed by atoms with Crippen LogP contribution in [0, 0.1) is 0 Å². The summed E-state index contributed by atoms with van der Waals surface area (Å²) in [7, 11) is 1.41. The minimum absolute atomic E-state index is 0.207. The van der Waals surface area contributed by atoms with E-state index in [2.05, 4.69) is 16.9 Å². The molecule has 2 aromatic rings. The molecule has 0 spiro atoms. The van der Waals surface area contributed by atoms with Crippen molar-refractivity contribution < 1.29 is 14.6 Å². The molecule has 2 rings (SSSR count). The van der Waals surface area contributed by atoms with Crippen LogP contribution in [0.5, 0.6) is 5.75 Å². The first kappa shape index (κ1) is 16.1. The lowest BCUT2D eigenvalue weighted by atomic mass is 10.0. The van der Waals surface area contributed by atoms with E-state index in [1.165, 1.54) is 18.2 Å². The summed E-state index contributed by atoms with van der Waals surface area (Å²) in [5.74, 6) is 0.109. The normalized spacial score (nSPS) is 10.4. The molecule has 116 valence electrons. The SMILES string of the molecule is COC(=O)Cc1ccc(CCCCc2ccc(O)cc2)cc1. The lowest BCUT2D eigenvalue weighted by Gasteiger charge is -2.05. The van der Waals surface area contributed by atoms with Crippen LogP contribution in [-0.2, 0) is 28.8 Å².